The summed E-state index contributed by atoms with van der Waals surface area (Å²) < 4.78 is 2.18. The fourth-order valence-corrected chi connectivity index (χ4v) is 4.06. The number of fused-ring (bicyclic) bond motifs is 1. The van der Waals surface area contributed by atoms with Crippen molar-refractivity contribution < 1.29 is 0 Å². The summed E-state index contributed by atoms with van der Waals surface area (Å²) in [6.07, 6.45) is 1.03. The van der Waals surface area contributed by atoms with Gasteiger partial charge in [-0.1, -0.05) is 6.92 Å². The minimum absolute atomic E-state index is 0.295. The zero-order valence-electron chi connectivity index (χ0n) is 13.3. The van der Waals surface area contributed by atoms with Gasteiger partial charge in [0.05, 0.1) is 11.4 Å². The topological polar surface area (TPSA) is 33.1 Å². The highest BCUT2D eigenvalue weighted by molar-refractivity contribution is 5.13. The molecule has 2 unspecified atom stereocenters. The van der Waals surface area contributed by atoms with Crippen LogP contribution in [0.4, 0.5) is 0 Å². The molecule has 2 aliphatic rings. The molecule has 0 bridgehead atoms. The van der Waals surface area contributed by atoms with Crippen molar-refractivity contribution in [1.82, 2.24) is 20.0 Å². The molecule has 2 fully saturated rings. The van der Waals surface area contributed by atoms with Crippen molar-refractivity contribution in [3.05, 3.63) is 17.5 Å². The summed E-state index contributed by atoms with van der Waals surface area (Å²) in [7, 11) is 0. The summed E-state index contributed by atoms with van der Waals surface area (Å²) in [5.74, 6) is 1.62. The Balaban J connectivity index is 1.79. The van der Waals surface area contributed by atoms with E-state index in [1.807, 2.05) is 0 Å². The molecule has 4 nitrogen and oxygen atoms in total. The molecule has 2 atom stereocenters. The van der Waals surface area contributed by atoms with Gasteiger partial charge in [0.25, 0.3) is 0 Å². The van der Waals surface area contributed by atoms with Crippen molar-refractivity contribution in [2.24, 2.45) is 11.8 Å². The molecule has 3 heterocycles. The molecule has 2 saturated heterocycles. The molecule has 1 aromatic heterocycles. The van der Waals surface area contributed by atoms with E-state index in [4.69, 9.17) is 0 Å². The molecule has 112 valence electrons. The first-order chi connectivity index (χ1) is 9.56. The number of aromatic nitrogens is 2. The Morgan fingerprint density at radius 2 is 2.15 bits per heavy atom. The molecule has 0 aliphatic carbocycles. The predicted octanol–water partition coefficient (Wildman–Crippen LogP) is 1.90. The number of hydrogen-bond acceptors (Lipinski definition) is 3. The smallest absolute Gasteiger partial charge is 0.0625 e. The van der Waals surface area contributed by atoms with Gasteiger partial charge in [-0.25, -0.2) is 0 Å². The van der Waals surface area contributed by atoms with Gasteiger partial charge in [-0.3, -0.25) is 9.58 Å². The standard InChI is InChI=1S/C16H28N4/c1-5-13-7-14(20(6-2)18-13)11-19-10-12-8-17-9-15(12)16(19,3)4/h7,12,15,17H,5-6,8-11H2,1-4H3. The van der Waals surface area contributed by atoms with E-state index in [-0.39, 0.29) is 0 Å². The number of hydrogen-bond donors (Lipinski definition) is 1. The second kappa shape index (κ2) is 5.15. The van der Waals surface area contributed by atoms with Gasteiger partial charge in [-0.05, 0) is 51.6 Å². The number of likely N-dealkylation sites (tertiary alicyclic amines) is 1. The molecule has 3 rings (SSSR count). The Morgan fingerprint density at radius 1 is 1.35 bits per heavy atom. The lowest BCUT2D eigenvalue weighted by atomic mass is 9.85. The van der Waals surface area contributed by atoms with E-state index in [0.29, 0.717) is 5.54 Å². The van der Waals surface area contributed by atoms with Crippen LogP contribution in [-0.2, 0) is 19.5 Å². The van der Waals surface area contributed by atoms with E-state index in [0.717, 1.165) is 31.3 Å². The van der Waals surface area contributed by atoms with Crippen molar-refractivity contribution in [2.45, 2.75) is 52.7 Å². The zero-order valence-corrected chi connectivity index (χ0v) is 13.3. The molecule has 0 saturated carbocycles. The fourth-order valence-electron chi connectivity index (χ4n) is 4.06. The second-order valence-electron chi connectivity index (χ2n) is 6.86. The summed E-state index contributed by atoms with van der Waals surface area (Å²) in [4.78, 5) is 2.67. The largest absolute Gasteiger partial charge is 0.316 e. The molecule has 0 amide bonds. The van der Waals surface area contributed by atoms with Gasteiger partial charge >= 0.3 is 0 Å². The molecule has 4 heteroatoms. The first-order valence-corrected chi connectivity index (χ1v) is 8.07. The summed E-state index contributed by atoms with van der Waals surface area (Å²) in [6.45, 7) is 14.8. The maximum Gasteiger partial charge on any atom is 0.0625 e. The number of nitrogens with one attached hydrogen (secondary N) is 1. The lowest BCUT2D eigenvalue weighted by molar-refractivity contribution is 0.128. The monoisotopic (exact) mass is 276 g/mol. The van der Waals surface area contributed by atoms with Crippen molar-refractivity contribution in [1.29, 1.82) is 0 Å². The maximum absolute atomic E-state index is 4.69. The minimum atomic E-state index is 0.295. The van der Waals surface area contributed by atoms with Crippen LogP contribution in [0.1, 0.15) is 39.1 Å². The molecular formula is C16H28N4. The Hall–Kier alpha value is -0.870. The SMILES string of the molecule is CCc1cc(CN2CC3CNCC3C2(C)C)n(CC)n1. The second-order valence-corrected chi connectivity index (χ2v) is 6.86. The van der Waals surface area contributed by atoms with Crippen LogP contribution in [0.2, 0.25) is 0 Å². The van der Waals surface area contributed by atoms with Crippen LogP contribution < -0.4 is 5.32 Å². The number of rotatable bonds is 4. The van der Waals surface area contributed by atoms with Gasteiger partial charge in [0, 0.05) is 31.7 Å². The highest BCUT2D eigenvalue weighted by atomic mass is 15.3. The predicted molar refractivity (Wildman–Crippen MR) is 81.6 cm³/mol. The summed E-state index contributed by atoms with van der Waals surface area (Å²) in [5, 5.41) is 8.24. The van der Waals surface area contributed by atoms with Crippen LogP contribution in [0.5, 0.6) is 0 Å². The van der Waals surface area contributed by atoms with Gasteiger partial charge < -0.3 is 5.32 Å². The highest BCUT2D eigenvalue weighted by Gasteiger charge is 2.49. The summed E-state index contributed by atoms with van der Waals surface area (Å²) in [6, 6.07) is 2.30. The third kappa shape index (κ3) is 2.19. The van der Waals surface area contributed by atoms with E-state index >= 15 is 0 Å². The molecule has 2 aliphatic heterocycles. The van der Waals surface area contributed by atoms with Gasteiger partial charge in [-0.2, -0.15) is 5.10 Å². The lowest BCUT2D eigenvalue weighted by Crippen LogP contribution is -2.44. The Bertz CT molecular complexity index is 477. The quantitative estimate of drug-likeness (QED) is 0.912. The summed E-state index contributed by atoms with van der Waals surface area (Å²) in [5.41, 5.74) is 2.90. The van der Waals surface area contributed by atoms with E-state index in [1.165, 1.54) is 31.0 Å². The van der Waals surface area contributed by atoms with E-state index in [9.17, 15) is 0 Å². The Morgan fingerprint density at radius 3 is 2.80 bits per heavy atom. The molecule has 20 heavy (non-hydrogen) atoms. The lowest BCUT2D eigenvalue weighted by Gasteiger charge is -2.35. The Labute approximate surface area is 122 Å². The van der Waals surface area contributed by atoms with Crippen LogP contribution >= 0.6 is 0 Å². The number of aryl methyl sites for hydroxylation is 2. The summed E-state index contributed by atoms with van der Waals surface area (Å²) >= 11 is 0. The zero-order chi connectivity index (χ0) is 14.3. The van der Waals surface area contributed by atoms with Gasteiger partial charge in [-0.15, -0.1) is 0 Å². The fraction of sp³-hybridized carbons (Fsp3) is 0.812. The molecular weight excluding hydrogens is 248 g/mol. The van der Waals surface area contributed by atoms with Crippen LogP contribution in [-0.4, -0.2) is 39.9 Å². The molecule has 1 aromatic rings. The van der Waals surface area contributed by atoms with Crippen molar-refractivity contribution >= 4 is 0 Å². The molecule has 0 spiro atoms. The Kier molecular flexibility index (Phi) is 3.63. The molecule has 0 aromatic carbocycles. The third-order valence-electron chi connectivity index (χ3n) is 5.45. The maximum atomic E-state index is 4.69. The average molecular weight is 276 g/mol. The van der Waals surface area contributed by atoms with Gasteiger partial charge in [0.2, 0.25) is 0 Å². The van der Waals surface area contributed by atoms with Gasteiger partial charge in [0.1, 0.15) is 0 Å². The van der Waals surface area contributed by atoms with Crippen LogP contribution in [0, 0.1) is 11.8 Å². The highest BCUT2D eigenvalue weighted by Crippen LogP contribution is 2.41. The molecule has 1 N–H and O–H groups in total. The van der Waals surface area contributed by atoms with Crippen LogP contribution in [0.3, 0.4) is 0 Å². The normalized spacial score (nSPS) is 29.0. The van der Waals surface area contributed by atoms with Crippen molar-refractivity contribution in [2.75, 3.05) is 19.6 Å². The first-order valence-electron chi connectivity index (χ1n) is 8.07. The van der Waals surface area contributed by atoms with E-state index in [1.54, 1.807) is 0 Å². The van der Waals surface area contributed by atoms with Crippen molar-refractivity contribution in [3.8, 4) is 0 Å². The van der Waals surface area contributed by atoms with Crippen molar-refractivity contribution in [3.63, 3.8) is 0 Å². The van der Waals surface area contributed by atoms with Crippen LogP contribution in [0.25, 0.3) is 0 Å². The minimum Gasteiger partial charge on any atom is -0.316 e. The third-order valence-corrected chi connectivity index (χ3v) is 5.45. The van der Waals surface area contributed by atoms with E-state index < -0.39 is 0 Å². The first kappa shape index (κ1) is 14.1. The molecule has 0 radical (unpaired) electrons. The average Bonchev–Trinajstić information content (AvgIpc) is 3.08. The van der Waals surface area contributed by atoms with E-state index in [2.05, 4.69) is 53.8 Å². The number of nitrogens with zero attached hydrogens (tertiary/aromatic N) is 3. The van der Waals surface area contributed by atoms with Gasteiger partial charge in [0.15, 0.2) is 0 Å². The van der Waals surface area contributed by atoms with Crippen LogP contribution in [0.15, 0.2) is 6.07 Å².